The lowest BCUT2D eigenvalue weighted by Gasteiger charge is -2.29. The van der Waals surface area contributed by atoms with Crippen molar-refractivity contribution < 1.29 is 0 Å². The quantitative estimate of drug-likeness (QED) is 0.873. The fourth-order valence-corrected chi connectivity index (χ4v) is 3.16. The lowest BCUT2D eigenvalue weighted by molar-refractivity contribution is 0.233. The van der Waals surface area contributed by atoms with Gasteiger partial charge in [0.15, 0.2) is 0 Å². The van der Waals surface area contributed by atoms with Crippen molar-refractivity contribution in [1.82, 2.24) is 0 Å². The summed E-state index contributed by atoms with van der Waals surface area (Å²) in [5.41, 5.74) is 6.56. The van der Waals surface area contributed by atoms with Crippen LogP contribution in [-0.2, 0) is 6.42 Å². The molecule has 0 aliphatic heterocycles. The Hall–Kier alpha value is 0.140. The van der Waals surface area contributed by atoms with E-state index in [2.05, 4.69) is 55.1 Å². The Morgan fingerprint density at radius 2 is 2.06 bits per heavy atom. The number of nitrogens with two attached hydrogens (primary N) is 1. The van der Waals surface area contributed by atoms with Crippen molar-refractivity contribution in [3.8, 4) is 0 Å². The first kappa shape index (κ1) is 14.2. The third-order valence-electron chi connectivity index (χ3n) is 3.22. The van der Waals surface area contributed by atoms with E-state index >= 15 is 0 Å². The van der Waals surface area contributed by atoms with E-state index in [-0.39, 0.29) is 6.04 Å². The van der Waals surface area contributed by atoms with E-state index in [1.54, 1.807) is 11.3 Å². The summed E-state index contributed by atoms with van der Waals surface area (Å²) in [7, 11) is 0. The van der Waals surface area contributed by atoms with E-state index in [0.717, 1.165) is 12.8 Å². The lowest BCUT2D eigenvalue weighted by Crippen LogP contribution is -2.29. The maximum Gasteiger partial charge on any atom is 0.0285 e. The van der Waals surface area contributed by atoms with Crippen LogP contribution in [0.4, 0.5) is 0 Å². The number of thiophene rings is 1. The summed E-state index contributed by atoms with van der Waals surface area (Å²) in [6, 6.07) is 2.45. The first-order valence-electron chi connectivity index (χ1n) is 5.77. The number of rotatable bonds is 4. The summed E-state index contributed by atoms with van der Waals surface area (Å²) in [4.78, 5) is 1.38. The van der Waals surface area contributed by atoms with Crippen LogP contribution >= 0.6 is 27.3 Å². The summed E-state index contributed by atoms with van der Waals surface area (Å²) < 4.78 is 1.17. The fourth-order valence-electron chi connectivity index (χ4n) is 1.61. The lowest BCUT2D eigenvalue weighted by atomic mass is 9.78. The second-order valence-electron chi connectivity index (χ2n) is 5.70. The van der Waals surface area contributed by atoms with Crippen LogP contribution in [0.15, 0.2) is 15.9 Å². The average Bonchev–Trinajstić information content (AvgIpc) is 2.49. The second-order valence-corrected chi connectivity index (χ2v) is 7.61. The molecule has 16 heavy (non-hydrogen) atoms. The largest absolute Gasteiger partial charge is 0.327 e. The zero-order chi connectivity index (χ0) is 12.3. The Morgan fingerprint density at radius 1 is 1.44 bits per heavy atom. The molecule has 0 bridgehead atoms. The molecule has 1 heterocycles. The molecule has 0 spiro atoms. The molecule has 2 N–H and O–H groups in total. The van der Waals surface area contributed by atoms with Gasteiger partial charge in [0.25, 0.3) is 0 Å². The molecule has 1 aromatic rings. The smallest absolute Gasteiger partial charge is 0.0285 e. The van der Waals surface area contributed by atoms with Crippen LogP contribution in [0.2, 0.25) is 0 Å². The van der Waals surface area contributed by atoms with Gasteiger partial charge < -0.3 is 5.73 Å². The highest BCUT2D eigenvalue weighted by Crippen LogP contribution is 2.30. The van der Waals surface area contributed by atoms with Crippen molar-refractivity contribution >= 4 is 27.3 Å². The van der Waals surface area contributed by atoms with Gasteiger partial charge in [-0.1, -0.05) is 27.7 Å². The molecule has 1 rings (SSSR count). The van der Waals surface area contributed by atoms with Crippen LogP contribution < -0.4 is 5.73 Å². The first-order valence-corrected chi connectivity index (χ1v) is 7.45. The monoisotopic (exact) mass is 303 g/mol. The Morgan fingerprint density at radius 3 is 2.50 bits per heavy atom. The van der Waals surface area contributed by atoms with Crippen LogP contribution in [0, 0.1) is 11.3 Å². The predicted molar refractivity (Wildman–Crippen MR) is 76.9 cm³/mol. The Labute approximate surface area is 112 Å². The zero-order valence-corrected chi connectivity index (χ0v) is 13.0. The van der Waals surface area contributed by atoms with Crippen molar-refractivity contribution in [2.75, 3.05) is 0 Å². The fraction of sp³-hybridized carbons (Fsp3) is 0.692. The van der Waals surface area contributed by atoms with Gasteiger partial charge in [-0.3, -0.25) is 0 Å². The molecule has 2 unspecified atom stereocenters. The molecule has 2 atom stereocenters. The molecule has 92 valence electrons. The molecule has 1 nitrogen and oxygen atoms in total. The SMILES string of the molecule is CC(CC(N)Cc1cc(Br)cs1)C(C)(C)C. The van der Waals surface area contributed by atoms with E-state index < -0.39 is 0 Å². The summed E-state index contributed by atoms with van der Waals surface area (Å²) in [6.45, 7) is 9.15. The molecule has 0 fully saturated rings. The molecule has 0 aliphatic rings. The molecule has 0 aromatic carbocycles. The number of halogens is 1. The highest BCUT2D eigenvalue weighted by molar-refractivity contribution is 9.10. The van der Waals surface area contributed by atoms with Crippen LogP contribution in [0.1, 0.15) is 39.0 Å². The van der Waals surface area contributed by atoms with E-state index in [4.69, 9.17) is 5.73 Å². The number of hydrogen-bond acceptors (Lipinski definition) is 2. The van der Waals surface area contributed by atoms with Gasteiger partial charge in [-0.15, -0.1) is 11.3 Å². The number of hydrogen-bond donors (Lipinski definition) is 1. The second kappa shape index (κ2) is 5.65. The predicted octanol–water partition coefficient (Wildman–Crippen LogP) is 4.45. The molecule has 0 aliphatic carbocycles. The topological polar surface area (TPSA) is 26.0 Å². The molecule has 0 radical (unpaired) electrons. The van der Waals surface area contributed by atoms with E-state index in [1.165, 1.54) is 9.35 Å². The van der Waals surface area contributed by atoms with Gasteiger partial charge in [-0.2, -0.15) is 0 Å². The zero-order valence-electron chi connectivity index (χ0n) is 10.6. The standard InChI is InChI=1S/C13H22BrNS/c1-9(13(2,3)4)5-11(15)7-12-6-10(14)8-16-12/h6,8-9,11H,5,7,15H2,1-4H3. The minimum atomic E-state index is 0.278. The molecule has 0 saturated carbocycles. The van der Waals surface area contributed by atoms with Gasteiger partial charge in [0.2, 0.25) is 0 Å². The normalized spacial score (nSPS) is 16.1. The minimum absolute atomic E-state index is 0.278. The summed E-state index contributed by atoms with van der Waals surface area (Å²) in [6.07, 6.45) is 2.09. The maximum atomic E-state index is 6.20. The van der Waals surface area contributed by atoms with Crippen LogP contribution in [0.25, 0.3) is 0 Å². The minimum Gasteiger partial charge on any atom is -0.327 e. The van der Waals surface area contributed by atoms with Crippen molar-refractivity contribution in [1.29, 1.82) is 0 Å². The van der Waals surface area contributed by atoms with E-state index in [9.17, 15) is 0 Å². The first-order chi connectivity index (χ1) is 7.29. The van der Waals surface area contributed by atoms with Gasteiger partial charge in [0, 0.05) is 20.8 Å². The summed E-state index contributed by atoms with van der Waals surface area (Å²) in [5, 5.41) is 2.12. The Balaban J connectivity index is 2.45. The van der Waals surface area contributed by atoms with E-state index in [0.29, 0.717) is 11.3 Å². The Bertz CT molecular complexity index is 327. The van der Waals surface area contributed by atoms with Gasteiger partial charge in [0.1, 0.15) is 0 Å². The van der Waals surface area contributed by atoms with Gasteiger partial charge in [-0.05, 0) is 46.2 Å². The maximum absolute atomic E-state index is 6.20. The molecular formula is C13H22BrNS. The molecule has 3 heteroatoms. The summed E-state index contributed by atoms with van der Waals surface area (Å²) >= 11 is 5.26. The van der Waals surface area contributed by atoms with Crippen LogP contribution in [0.3, 0.4) is 0 Å². The van der Waals surface area contributed by atoms with Crippen molar-refractivity contribution in [3.05, 3.63) is 20.8 Å². The third kappa shape index (κ3) is 4.56. The average molecular weight is 304 g/mol. The van der Waals surface area contributed by atoms with Gasteiger partial charge in [-0.25, -0.2) is 0 Å². The summed E-state index contributed by atoms with van der Waals surface area (Å²) in [5.74, 6) is 0.658. The van der Waals surface area contributed by atoms with Gasteiger partial charge >= 0.3 is 0 Å². The van der Waals surface area contributed by atoms with Crippen molar-refractivity contribution in [2.24, 2.45) is 17.1 Å². The van der Waals surface area contributed by atoms with Crippen LogP contribution in [-0.4, -0.2) is 6.04 Å². The third-order valence-corrected chi connectivity index (χ3v) is 4.94. The molecule has 0 saturated heterocycles. The Kier molecular flexibility index (Phi) is 5.02. The molecule has 0 amide bonds. The van der Waals surface area contributed by atoms with Crippen molar-refractivity contribution in [2.45, 2.75) is 46.6 Å². The van der Waals surface area contributed by atoms with Crippen molar-refractivity contribution in [3.63, 3.8) is 0 Å². The van der Waals surface area contributed by atoms with Crippen LogP contribution in [0.5, 0.6) is 0 Å². The highest BCUT2D eigenvalue weighted by atomic mass is 79.9. The molecule has 1 aromatic heterocycles. The highest BCUT2D eigenvalue weighted by Gasteiger charge is 2.22. The van der Waals surface area contributed by atoms with E-state index in [1.807, 2.05) is 0 Å². The van der Waals surface area contributed by atoms with Gasteiger partial charge in [0.05, 0.1) is 0 Å². The molecular weight excluding hydrogens is 282 g/mol.